The molecule has 1 rings (SSSR count). The monoisotopic (exact) mass is 167 g/mol. The van der Waals surface area contributed by atoms with Crippen LogP contribution in [0.3, 0.4) is 0 Å². The maximum absolute atomic E-state index is 12.9. The lowest BCUT2D eigenvalue weighted by molar-refractivity contribution is 0.112. The van der Waals surface area contributed by atoms with Crippen molar-refractivity contribution in [3.8, 4) is 0 Å². The highest BCUT2D eigenvalue weighted by atomic mass is 19.1. The molecule has 0 aliphatic heterocycles. The van der Waals surface area contributed by atoms with E-state index in [9.17, 15) is 9.18 Å². The minimum atomic E-state index is -0.318. The van der Waals surface area contributed by atoms with Crippen LogP contribution < -0.4 is 5.73 Å². The molecule has 0 spiro atoms. The summed E-state index contributed by atoms with van der Waals surface area (Å²) in [6.45, 7) is 1.80. The van der Waals surface area contributed by atoms with Gasteiger partial charge in [0.1, 0.15) is 12.1 Å². The molecule has 0 amide bonds. The second-order valence-corrected chi connectivity index (χ2v) is 2.62. The molecule has 64 valence electrons. The third-order valence-electron chi connectivity index (χ3n) is 1.77. The van der Waals surface area contributed by atoms with Gasteiger partial charge in [0.2, 0.25) is 0 Å². The van der Waals surface area contributed by atoms with Gasteiger partial charge in [-0.1, -0.05) is 0 Å². The van der Waals surface area contributed by atoms with Gasteiger partial charge in [0, 0.05) is 12.1 Å². The van der Waals surface area contributed by atoms with E-state index in [-0.39, 0.29) is 12.4 Å². The zero-order valence-electron chi connectivity index (χ0n) is 6.80. The van der Waals surface area contributed by atoms with E-state index in [1.807, 2.05) is 0 Å². The van der Waals surface area contributed by atoms with Crippen molar-refractivity contribution in [3.63, 3.8) is 0 Å². The van der Waals surface area contributed by atoms with Gasteiger partial charge in [-0.15, -0.1) is 0 Å². The van der Waals surface area contributed by atoms with Crippen LogP contribution in [0.25, 0.3) is 0 Å². The van der Waals surface area contributed by atoms with E-state index in [0.29, 0.717) is 23.0 Å². The summed E-state index contributed by atoms with van der Waals surface area (Å²) in [6.07, 6.45) is 0.689. The minimum absolute atomic E-state index is 0.186. The van der Waals surface area contributed by atoms with E-state index in [4.69, 9.17) is 5.73 Å². The van der Waals surface area contributed by atoms with Gasteiger partial charge in [-0.25, -0.2) is 4.39 Å². The predicted octanol–water partition coefficient (Wildman–Crippen LogP) is 1.41. The van der Waals surface area contributed by atoms with E-state index in [0.717, 1.165) is 0 Å². The van der Waals surface area contributed by atoms with E-state index in [1.54, 1.807) is 6.92 Å². The molecule has 2 nitrogen and oxygen atoms in total. The molecule has 1 aromatic rings. The summed E-state index contributed by atoms with van der Waals surface area (Å²) in [5.41, 5.74) is 6.80. The molecule has 1 aromatic carbocycles. The summed E-state index contributed by atoms with van der Waals surface area (Å²) in [5.74, 6) is -0.318. The topological polar surface area (TPSA) is 43.1 Å². The maximum atomic E-state index is 12.9. The van der Waals surface area contributed by atoms with E-state index >= 15 is 0 Å². The van der Waals surface area contributed by atoms with Crippen molar-refractivity contribution in [1.29, 1.82) is 0 Å². The van der Waals surface area contributed by atoms with Crippen molar-refractivity contribution in [3.05, 3.63) is 34.6 Å². The Bertz CT molecular complexity index is 310. The standard InChI is InChI=1S/C9H10FNO/c1-6-2-8(5-12)7(4-11)3-9(6)10/h2-3,5H,4,11H2,1H3. The number of carbonyl (C=O) groups is 1. The summed E-state index contributed by atoms with van der Waals surface area (Å²) in [5, 5.41) is 0. The predicted molar refractivity (Wildman–Crippen MR) is 44.4 cm³/mol. The molecule has 0 bridgehead atoms. The molecule has 0 aliphatic rings. The first-order valence-electron chi connectivity index (χ1n) is 3.63. The third-order valence-corrected chi connectivity index (χ3v) is 1.77. The quantitative estimate of drug-likeness (QED) is 0.676. The Hall–Kier alpha value is -1.22. The smallest absolute Gasteiger partial charge is 0.150 e. The zero-order chi connectivity index (χ0) is 9.14. The lowest BCUT2D eigenvalue weighted by atomic mass is 10.1. The fourth-order valence-electron chi connectivity index (χ4n) is 1.03. The van der Waals surface area contributed by atoms with E-state index in [2.05, 4.69) is 0 Å². The number of hydrogen-bond donors (Lipinski definition) is 1. The summed E-state index contributed by atoms with van der Waals surface area (Å²) < 4.78 is 12.9. The molecule has 0 heterocycles. The van der Waals surface area contributed by atoms with Gasteiger partial charge >= 0.3 is 0 Å². The minimum Gasteiger partial charge on any atom is -0.326 e. The van der Waals surface area contributed by atoms with Crippen molar-refractivity contribution in [2.75, 3.05) is 0 Å². The number of hydrogen-bond acceptors (Lipinski definition) is 2. The summed E-state index contributed by atoms with van der Waals surface area (Å²) in [7, 11) is 0. The summed E-state index contributed by atoms with van der Waals surface area (Å²) in [4.78, 5) is 10.5. The SMILES string of the molecule is Cc1cc(C=O)c(CN)cc1F. The number of rotatable bonds is 2. The van der Waals surface area contributed by atoms with Crippen molar-refractivity contribution in [2.45, 2.75) is 13.5 Å². The lowest BCUT2D eigenvalue weighted by Gasteiger charge is -2.03. The largest absolute Gasteiger partial charge is 0.326 e. The Morgan fingerprint density at radius 2 is 2.25 bits per heavy atom. The molecule has 2 N–H and O–H groups in total. The highest BCUT2D eigenvalue weighted by molar-refractivity contribution is 5.77. The lowest BCUT2D eigenvalue weighted by Crippen LogP contribution is -2.02. The number of carbonyl (C=O) groups excluding carboxylic acids is 1. The molecule has 12 heavy (non-hydrogen) atoms. The van der Waals surface area contributed by atoms with Crippen LogP contribution in [0.2, 0.25) is 0 Å². The highest BCUT2D eigenvalue weighted by Gasteiger charge is 2.04. The highest BCUT2D eigenvalue weighted by Crippen LogP contribution is 2.13. The average molecular weight is 167 g/mol. The van der Waals surface area contributed by atoms with Crippen LogP contribution in [0.15, 0.2) is 12.1 Å². The summed E-state index contributed by atoms with van der Waals surface area (Å²) in [6, 6.07) is 2.81. The maximum Gasteiger partial charge on any atom is 0.150 e. The van der Waals surface area contributed by atoms with Gasteiger partial charge in [0.15, 0.2) is 0 Å². The van der Waals surface area contributed by atoms with Crippen LogP contribution in [-0.4, -0.2) is 6.29 Å². The molecule has 0 aromatic heterocycles. The van der Waals surface area contributed by atoms with Gasteiger partial charge in [0.25, 0.3) is 0 Å². The number of halogens is 1. The van der Waals surface area contributed by atoms with Crippen molar-refractivity contribution < 1.29 is 9.18 Å². The molecular weight excluding hydrogens is 157 g/mol. The van der Waals surface area contributed by atoms with Gasteiger partial charge in [0.05, 0.1) is 0 Å². The first kappa shape index (κ1) is 8.87. The Morgan fingerprint density at radius 3 is 2.75 bits per heavy atom. The van der Waals surface area contributed by atoms with Crippen LogP contribution in [0.4, 0.5) is 4.39 Å². The van der Waals surface area contributed by atoms with Crippen molar-refractivity contribution in [2.24, 2.45) is 5.73 Å². The van der Waals surface area contributed by atoms with Crippen molar-refractivity contribution >= 4 is 6.29 Å². The average Bonchev–Trinajstić information content (AvgIpc) is 2.09. The Labute approximate surface area is 70.2 Å². The van der Waals surface area contributed by atoms with Crippen LogP contribution in [0, 0.1) is 12.7 Å². The second kappa shape index (κ2) is 3.45. The second-order valence-electron chi connectivity index (χ2n) is 2.62. The zero-order valence-corrected chi connectivity index (χ0v) is 6.80. The molecule has 0 unspecified atom stereocenters. The molecule has 3 heteroatoms. The molecule has 0 aliphatic carbocycles. The Morgan fingerprint density at radius 1 is 1.58 bits per heavy atom. The number of benzene rings is 1. The van der Waals surface area contributed by atoms with Gasteiger partial charge in [-0.3, -0.25) is 4.79 Å². The molecule has 0 fully saturated rings. The first-order valence-corrected chi connectivity index (χ1v) is 3.63. The summed E-state index contributed by atoms with van der Waals surface area (Å²) >= 11 is 0. The van der Waals surface area contributed by atoms with E-state index < -0.39 is 0 Å². The number of nitrogens with two attached hydrogens (primary N) is 1. The molecule has 0 saturated heterocycles. The van der Waals surface area contributed by atoms with Crippen molar-refractivity contribution in [1.82, 2.24) is 0 Å². The normalized spacial score (nSPS) is 9.92. The van der Waals surface area contributed by atoms with E-state index in [1.165, 1.54) is 12.1 Å². The first-order chi connectivity index (χ1) is 5.69. The van der Waals surface area contributed by atoms with Crippen LogP contribution in [0.5, 0.6) is 0 Å². The fourth-order valence-corrected chi connectivity index (χ4v) is 1.03. The molecule has 0 atom stereocenters. The Balaban J connectivity index is 3.28. The number of aryl methyl sites for hydroxylation is 1. The van der Waals surface area contributed by atoms with Crippen LogP contribution >= 0.6 is 0 Å². The third kappa shape index (κ3) is 1.51. The van der Waals surface area contributed by atoms with Crippen LogP contribution in [-0.2, 0) is 6.54 Å². The number of aldehydes is 1. The van der Waals surface area contributed by atoms with Crippen LogP contribution in [0.1, 0.15) is 21.5 Å². The van der Waals surface area contributed by atoms with Gasteiger partial charge in [-0.2, -0.15) is 0 Å². The van der Waals surface area contributed by atoms with Gasteiger partial charge < -0.3 is 5.73 Å². The Kier molecular flexibility index (Phi) is 2.55. The molecular formula is C9H10FNO. The molecule has 0 saturated carbocycles. The van der Waals surface area contributed by atoms with Gasteiger partial charge in [-0.05, 0) is 30.2 Å². The molecule has 0 radical (unpaired) electrons. The fraction of sp³-hybridized carbons (Fsp3) is 0.222.